The summed E-state index contributed by atoms with van der Waals surface area (Å²) in [7, 11) is 0. The lowest BCUT2D eigenvalue weighted by Gasteiger charge is -2.54. The molecule has 0 saturated heterocycles. The average Bonchev–Trinajstić information content (AvgIpc) is 3.00. The van der Waals surface area contributed by atoms with Crippen molar-refractivity contribution in [3.8, 4) is 0 Å². The minimum atomic E-state index is 0.589. The van der Waals surface area contributed by atoms with Crippen molar-refractivity contribution in [1.29, 1.82) is 0 Å². The molecule has 19 heavy (non-hydrogen) atoms. The molecule has 0 aromatic carbocycles. The van der Waals surface area contributed by atoms with Crippen LogP contribution in [0.5, 0.6) is 0 Å². The summed E-state index contributed by atoms with van der Waals surface area (Å²) < 4.78 is 0. The van der Waals surface area contributed by atoms with E-state index in [1.807, 2.05) is 5.57 Å². The first-order valence-electron chi connectivity index (χ1n) is 8.76. The van der Waals surface area contributed by atoms with Gasteiger partial charge in [-0.25, -0.2) is 0 Å². The van der Waals surface area contributed by atoms with E-state index < -0.39 is 0 Å². The van der Waals surface area contributed by atoms with E-state index in [-0.39, 0.29) is 0 Å². The second-order valence-corrected chi connectivity index (χ2v) is 8.58. The maximum absolute atomic E-state index is 2.63. The Bertz CT molecular complexity index is 421. The molecule has 0 heteroatoms. The van der Waals surface area contributed by atoms with Crippen molar-refractivity contribution in [2.45, 2.75) is 78.6 Å². The lowest BCUT2D eigenvalue weighted by molar-refractivity contribution is -0.0404. The van der Waals surface area contributed by atoms with Gasteiger partial charge in [-0.15, -0.1) is 0 Å². The minimum absolute atomic E-state index is 0.589. The Morgan fingerprint density at radius 3 is 2.47 bits per heavy atom. The van der Waals surface area contributed by atoms with Crippen LogP contribution < -0.4 is 0 Å². The molecule has 0 N–H and O–H groups in total. The van der Waals surface area contributed by atoms with E-state index in [1.54, 1.807) is 24.8 Å². The van der Waals surface area contributed by atoms with Gasteiger partial charge in [0.25, 0.3) is 0 Å². The molecular formula is C19H30. The Kier molecular flexibility index (Phi) is 2.56. The highest BCUT2D eigenvalue weighted by Gasteiger charge is 2.65. The summed E-state index contributed by atoms with van der Waals surface area (Å²) in [5, 5.41) is 0. The lowest BCUT2D eigenvalue weighted by atomic mass is 9.50. The van der Waals surface area contributed by atoms with Crippen molar-refractivity contribution >= 4 is 0 Å². The van der Waals surface area contributed by atoms with E-state index in [4.69, 9.17) is 0 Å². The van der Waals surface area contributed by atoms with Crippen LogP contribution >= 0.6 is 0 Å². The van der Waals surface area contributed by atoms with E-state index in [0.717, 1.165) is 17.8 Å². The molecule has 0 aliphatic heterocycles. The second-order valence-electron chi connectivity index (χ2n) is 8.58. The highest BCUT2D eigenvalue weighted by Crippen LogP contribution is 2.74. The Balaban J connectivity index is 1.82. The molecule has 0 unspecified atom stereocenters. The number of allylic oxidation sites excluding steroid dienone is 2. The van der Waals surface area contributed by atoms with Gasteiger partial charge >= 0.3 is 0 Å². The molecule has 4 rings (SSSR count). The smallest absolute Gasteiger partial charge is 0.000234 e. The second kappa shape index (κ2) is 3.89. The largest absolute Gasteiger partial charge is 0.0735 e. The first kappa shape index (κ1) is 12.5. The molecule has 0 heterocycles. The van der Waals surface area contributed by atoms with Gasteiger partial charge in [-0.05, 0) is 62.2 Å². The maximum atomic E-state index is 2.63. The highest BCUT2D eigenvalue weighted by molar-refractivity contribution is 5.38. The van der Waals surface area contributed by atoms with Crippen molar-refractivity contribution in [1.82, 2.24) is 0 Å². The zero-order chi connectivity index (χ0) is 13.3. The molecule has 2 bridgehead atoms. The summed E-state index contributed by atoms with van der Waals surface area (Å²) in [6.07, 6.45) is 13.6. The predicted molar refractivity (Wildman–Crippen MR) is 80.9 cm³/mol. The van der Waals surface area contributed by atoms with Crippen LogP contribution in [0, 0.1) is 28.6 Å². The zero-order valence-electron chi connectivity index (χ0n) is 13.1. The fourth-order valence-electron chi connectivity index (χ4n) is 6.98. The summed E-state index contributed by atoms with van der Waals surface area (Å²) in [6.45, 7) is 7.71. The molecule has 0 nitrogen and oxygen atoms in total. The van der Waals surface area contributed by atoms with Crippen LogP contribution in [-0.4, -0.2) is 0 Å². The number of hydrogen-bond acceptors (Lipinski definition) is 0. The third-order valence-corrected chi connectivity index (χ3v) is 8.00. The van der Waals surface area contributed by atoms with Crippen molar-refractivity contribution in [2.75, 3.05) is 0 Å². The van der Waals surface area contributed by atoms with Gasteiger partial charge in [0.2, 0.25) is 0 Å². The fraction of sp³-hybridized carbons (Fsp3) is 0.895. The van der Waals surface area contributed by atoms with Gasteiger partial charge in [0.05, 0.1) is 0 Å². The SMILES string of the molecule is CC1=C2C[C@@H]3CC[C@@H](C4CCCC4)[C@@]2(CC1)C3(C)C. The van der Waals surface area contributed by atoms with E-state index in [0.29, 0.717) is 10.8 Å². The Morgan fingerprint density at radius 2 is 1.74 bits per heavy atom. The lowest BCUT2D eigenvalue weighted by Crippen LogP contribution is -2.48. The van der Waals surface area contributed by atoms with E-state index in [2.05, 4.69) is 20.8 Å². The standard InChI is InChI=1S/C19H30/c1-13-10-11-19-16(14-6-4-5-7-14)9-8-15(12-17(13)19)18(19,2)3/h14-16H,4-12H2,1-3H3/t15-,16-,19+/m0/s1. The first-order chi connectivity index (χ1) is 9.07. The molecule has 0 amide bonds. The molecule has 106 valence electrons. The van der Waals surface area contributed by atoms with E-state index in [1.165, 1.54) is 38.5 Å². The van der Waals surface area contributed by atoms with Gasteiger partial charge in [0.1, 0.15) is 0 Å². The average molecular weight is 258 g/mol. The molecule has 0 aromatic heterocycles. The van der Waals surface area contributed by atoms with Gasteiger partial charge in [-0.3, -0.25) is 0 Å². The predicted octanol–water partition coefficient (Wildman–Crippen LogP) is 5.73. The summed E-state index contributed by atoms with van der Waals surface area (Å²) in [4.78, 5) is 0. The topological polar surface area (TPSA) is 0 Å². The molecule has 0 aromatic rings. The van der Waals surface area contributed by atoms with Crippen molar-refractivity contribution < 1.29 is 0 Å². The fourth-order valence-corrected chi connectivity index (χ4v) is 6.98. The van der Waals surface area contributed by atoms with Crippen LogP contribution in [0.3, 0.4) is 0 Å². The van der Waals surface area contributed by atoms with Crippen LogP contribution in [0.2, 0.25) is 0 Å². The van der Waals surface area contributed by atoms with E-state index >= 15 is 0 Å². The van der Waals surface area contributed by atoms with Gasteiger partial charge in [-0.1, -0.05) is 50.7 Å². The van der Waals surface area contributed by atoms with Crippen LogP contribution in [0.25, 0.3) is 0 Å². The minimum Gasteiger partial charge on any atom is -0.0735 e. The number of hydrogen-bond donors (Lipinski definition) is 0. The molecule has 4 aliphatic rings. The zero-order valence-corrected chi connectivity index (χ0v) is 13.1. The monoisotopic (exact) mass is 258 g/mol. The van der Waals surface area contributed by atoms with Gasteiger partial charge in [0, 0.05) is 5.41 Å². The Labute approximate surface area is 119 Å². The Morgan fingerprint density at radius 1 is 1.00 bits per heavy atom. The number of fused-ring (bicyclic) bond motifs is 1. The van der Waals surface area contributed by atoms with Gasteiger partial charge < -0.3 is 0 Å². The number of rotatable bonds is 1. The van der Waals surface area contributed by atoms with E-state index in [9.17, 15) is 0 Å². The van der Waals surface area contributed by atoms with Crippen molar-refractivity contribution in [2.24, 2.45) is 28.6 Å². The summed E-state index contributed by atoms with van der Waals surface area (Å²) >= 11 is 0. The maximum Gasteiger partial charge on any atom is 0.000234 e. The van der Waals surface area contributed by atoms with Crippen LogP contribution in [0.4, 0.5) is 0 Å². The third-order valence-electron chi connectivity index (χ3n) is 8.00. The molecule has 3 saturated carbocycles. The van der Waals surface area contributed by atoms with Crippen molar-refractivity contribution in [3.05, 3.63) is 11.1 Å². The van der Waals surface area contributed by atoms with Crippen LogP contribution in [0.1, 0.15) is 78.6 Å². The molecule has 1 spiro atoms. The molecule has 4 aliphatic carbocycles. The summed E-state index contributed by atoms with van der Waals surface area (Å²) in [6, 6.07) is 0. The molecule has 3 atom stereocenters. The molecular weight excluding hydrogens is 228 g/mol. The summed E-state index contributed by atoms with van der Waals surface area (Å²) in [5.41, 5.74) is 4.97. The highest BCUT2D eigenvalue weighted by atomic mass is 14.7. The molecule has 3 fully saturated rings. The normalized spacial score (nSPS) is 45.0. The van der Waals surface area contributed by atoms with Crippen LogP contribution in [0.15, 0.2) is 11.1 Å². The van der Waals surface area contributed by atoms with Crippen LogP contribution in [-0.2, 0) is 0 Å². The third kappa shape index (κ3) is 1.37. The van der Waals surface area contributed by atoms with Crippen molar-refractivity contribution in [3.63, 3.8) is 0 Å². The quantitative estimate of drug-likeness (QED) is 0.527. The Hall–Kier alpha value is -0.260. The van der Waals surface area contributed by atoms with Gasteiger partial charge in [0.15, 0.2) is 0 Å². The van der Waals surface area contributed by atoms with Gasteiger partial charge in [-0.2, -0.15) is 0 Å². The molecule has 0 radical (unpaired) electrons. The summed E-state index contributed by atoms with van der Waals surface area (Å²) in [5.74, 6) is 3.10. The first-order valence-corrected chi connectivity index (χ1v) is 8.76.